The van der Waals surface area contributed by atoms with E-state index in [1.807, 2.05) is 36.4 Å². The van der Waals surface area contributed by atoms with E-state index in [9.17, 15) is 13.7 Å². The number of ether oxygens (including phenoxy) is 2. The van der Waals surface area contributed by atoms with Gasteiger partial charge in [-0.25, -0.2) is 18.4 Å². The van der Waals surface area contributed by atoms with Gasteiger partial charge >= 0.3 is 0 Å². The third kappa shape index (κ3) is 6.15. The van der Waals surface area contributed by atoms with Gasteiger partial charge < -0.3 is 9.47 Å². The Balaban J connectivity index is 1.59. The van der Waals surface area contributed by atoms with Crippen molar-refractivity contribution in [3.8, 4) is 28.7 Å². The molecule has 36 heavy (non-hydrogen) atoms. The third-order valence-corrected chi connectivity index (χ3v) is 6.02. The van der Waals surface area contributed by atoms with Crippen molar-refractivity contribution in [2.24, 2.45) is 0 Å². The molecule has 1 N–H and O–H groups in total. The molecule has 1 heterocycles. The van der Waals surface area contributed by atoms with Gasteiger partial charge in [-0.15, -0.1) is 11.6 Å². The molecule has 4 rings (SSSR count). The number of benzene rings is 3. The van der Waals surface area contributed by atoms with Gasteiger partial charge in [-0.2, -0.15) is 5.26 Å². The van der Waals surface area contributed by atoms with E-state index in [0.717, 1.165) is 28.2 Å². The SMILES string of the molecule is CS(=O)(=O)Nc1nccc(COc2ccc3c(-c4cc(Cl)c(OCCCl)c(C#N)c4)cccc3c2)n1. The summed E-state index contributed by atoms with van der Waals surface area (Å²) in [5.74, 6) is 1.19. The molecular weight excluding hydrogens is 523 g/mol. The van der Waals surface area contributed by atoms with Crippen LogP contribution in [0.25, 0.3) is 21.9 Å². The summed E-state index contributed by atoms with van der Waals surface area (Å²) in [6.07, 6.45) is 2.49. The summed E-state index contributed by atoms with van der Waals surface area (Å²) in [5, 5.41) is 11.8. The maximum absolute atomic E-state index is 11.4. The molecule has 0 spiro atoms. The number of hydrogen-bond acceptors (Lipinski definition) is 7. The van der Waals surface area contributed by atoms with E-state index in [1.54, 1.807) is 18.2 Å². The van der Waals surface area contributed by atoms with Crippen molar-refractivity contribution < 1.29 is 17.9 Å². The molecule has 4 aromatic rings. The summed E-state index contributed by atoms with van der Waals surface area (Å²) in [4.78, 5) is 8.05. The molecule has 1 aromatic heterocycles. The van der Waals surface area contributed by atoms with Gasteiger partial charge in [0.1, 0.15) is 25.0 Å². The lowest BCUT2D eigenvalue weighted by molar-refractivity contribution is 0.301. The largest absolute Gasteiger partial charge is 0.489 e. The number of rotatable bonds is 9. The lowest BCUT2D eigenvalue weighted by Gasteiger charge is -2.13. The molecule has 0 bridgehead atoms. The summed E-state index contributed by atoms with van der Waals surface area (Å²) in [7, 11) is -3.48. The molecule has 11 heteroatoms. The Bertz CT molecular complexity index is 1570. The summed E-state index contributed by atoms with van der Waals surface area (Å²) in [6.45, 7) is 0.369. The lowest BCUT2D eigenvalue weighted by Crippen LogP contribution is -2.13. The molecule has 0 saturated heterocycles. The summed E-state index contributed by atoms with van der Waals surface area (Å²) < 4.78 is 36.5. The zero-order chi connectivity index (χ0) is 25.7. The van der Waals surface area contributed by atoms with Crippen LogP contribution in [0, 0.1) is 11.3 Å². The first kappa shape index (κ1) is 25.5. The van der Waals surface area contributed by atoms with E-state index in [1.165, 1.54) is 6.20 Å². The number of fused-ring (bicyclic) bond motifs is 1. The first-order chi connectivity index (χ1) is 17.3. The van der Waals surface area contributed by atoms with Crippen molar-refractivity contribution in [3.63, 3.8) is 0 Å². The maximum Gasteiger partial charge on any atom is 0.236 e. The van der Waals surface area contributed by atoms with Gasteiger partial charge in [0.25, 0.3) is 0 Å². The number of anilines is 1. The molecule has 0 aliphatic carbocycles. The number of aromatic nitrogens is 2. The van der Waals surface area contributed by atoms with Crippen LogP contribution in [0.3, 0.4) is 0 Å². The van der Waals surface area contributed by atoms with Crippen LogP contribution in [0.15, 0.2) is 60.8 Å². The van der Waals surface area contributed by atoms with Gasteiger partial charge in [-0.05, 0) is 52.2 Å². The fourth-order valence-corrected chi connectivity index (χ4v) is 4.35. The molecule has 0 radical (unpaired) electrons. The van der Waals surface area contributed by atoms with Gasteiger partial charge in [-0.3, -0.25) is 4.72 Å². The average molecular weight is 543 g/mol. The third-order valence-electron chi connectivity index (χ3n) is 5.03. The highest BCUT2D eigenvalue weighted by atomic mass is 35.5. The Morgan fingerprint density at radius 2 is 1.94 bits per heavy atom. The van der Waals surface area contributed by atoms with Crippen LogP contribution in [-0.4, -0.2) is 37.1 Å². The van der Waals surface area contributed by atoms with Gasteiger partial charge in [0.15, 0.2) is 5.75 Å². The van der Waals surface area contributed by atoms with Gasteiger partial charge in [-0.1, -0.05) is 35.9 Å². The van der Waals surface area contributed by atoms with Crippen molar-refractivity contribution in [2.45, 2.75) is 6.61 Å². The first-order valence-corrected chi connectivity index (χ1v) is 13.5. The summed E-state index contributed by atoms with van der Waals surface area (Å²) in [5.41, 5.74) is 2.52. The number of nitrogens with one attached hydrogen (secondary N) is 1. The zero-order valence-electron chi connectivity index (χ0n) is 19.0. The van der Waals surface area contributed by atoms with Crippen LogP contribution in [0.4, 0.5) is 5.95 Å². The van der Waals surface area contributed by atoms with Crippen molar-refractivity contribution in [1.29, 1.82) is 5.26 Å². The minimum absolute atomic E-state index is 0.0174. The number of sulfonamides is 1. The van der Waals surface area contributed by atoms with Crippen molar-refractivity contribution in [1.82, 2.24) is 9.97 Å². The topological polar surface area (TPSA) is 114 Å². The molecule has 184 valence electrons. The van der Waals surface area contributed by atoms with Crippen LogP contribution < -0.4 is 14.2 Å². The predicted molar refractivity (Wildman–Crippen MR) is 140 cm³/mol. The van der Waals surface area contributed by atoms with Crippen molar-refractivity contribution in [2.75, 3.05) is 23.5 Å². The lowest BCUT2D eigenvalue weighted by atomic mass is 9.96. The number of nitriles is 1. The normalized spacial score (nSPS) is 11.2. The number of nitrogens with zero attached hydrogens (tertiary/aromatic N) is 3. The second-order valence-corrected chi connectivity index (χ2v) is 10.2. The molecule has 0 saturated carbocycles. The molecule has 0 aliphatic heterocycles. The Morgan fingerprint density at radius 3 is 2.69 bits per heavy atom. The Hall–Kier alpha value is -3.58. The van der Waals surface area contributed by atoms with Crippen LogP contribution in [-0.2, 0) is 16.6 Å². The standard InChI is InChI=1S/C25H20Cl2N4O4S/c1-36(32,33)31-25-29-9-7-19(30-25)15-35-20-5-6-22-16(12-20)3-2-4-21(22)17-11-18(14-28)24(23(27)13-17)34-10-8-26/h2-7,9,11-13H,8,10,15H2,1H3,(H,29,30,31). The average Bonchev–Trinajstić information content (AvgIpc) is 2.85. The molecule has 0 atom stereocenters. The van der Waals surface area contributed by atoms with E-state index in [0.29, 0.717) is 27.8 Å². The highest BCUT2D eigenvalue weighted by Crippen LogP contribution is 2.37. The Kier molecular flexibility index (Phi) is 7.79. The Morgan fingerprint density at radius 1 is 1.11 bits per heavy atom. The van der Waals surface area contributed by atoms with Crippen LogP contribution in [0.1, 0.15) is 11.3 Å². The zero-order valence-corrected chi connectivity index (χ0v) is 21.4. The van der Waals surface area contributed by atoms with E-state index in [-0.39, 0.29) is 25.0 Å². The summed E-state index contributed by atoms with van der Waals surface area (Å²) >= 11 is 12.1. The van der Waals surface area contributed by atoms with Gasteiger partial charge in [0.05, 0.1) is 28.4 Å². The second-order valence-electron chi connectivity index (χ2n) is 7.71. The fraction of sp³-hybridized carbons (Fsp3) is 0.160. The highest BCUT2D eigenvalue weighted by molar-refractivity contribution is 7.91. The number of hydrogen-bond donors (Lipinski definition) is 1. The predicted octanol–water partition coefficient (Wildman–Crippen LogP) is 5.39. The highest BCUT2D eigenvalue weighted by Gasteiger charge is 2.14. The molecule has 0 aliphatic rings. The van der Waals surface area contributed by atoms with E-state index >= 15 is 0 Å². The van der Waals surface area contributed by atoms with Crippen LogP contribution in [0.5, 0.6) is 11.5 Å². The molecule has 8 nitrogen and oxygen atoms in total. The first-order valence-electron chi connectivity index (χ1n) is 10.7. The van der Waals surface area contributed by atoms with E-state index in [2.05, 4.69) is 20.8 Å². The molecule has 0 amide bonds. The minimum Gasteiger partial charge on any atom is -0.489 e. The van der Waals surface area contributed by atoms with Crippen molar-refractivity contribution >= 4 is 49.9 Å². The minimum atomic E-state index is -3.48. The number of alkyl halides is 1. The Labute approximate surface area is 218 Å². The molecule has 0 fully saturated rings. The van der Waals surface area contributed by atoms with Crippen LogP contribution in [0.2, 0.25) is 5.02 Å². The molecule has 0 unspecified atom stereocenters. The quantitative estimate of drug-likeness (QED) is 0.282. The second kappa shape index (κ2) is 11.0. The fourth-order valence-electron chi connectivity index (χ4n) is 3.57. The smallest absolute Gasteiger partial charge is 0.236 e. The van der Waals surface area contributed by atoms with Gasteiger partial charge in [0.2, 0.25) is 16.0 Å². The van der Waals surface area contributed by atoms with Crippen molar-refractivity contribution in [3.05, 3.63) is 77.1 Å². The van der Waals surface area contributed by atoms with E-state index in [4.69, 9.17) is 32.7 Å². The molecular formula is C25H20Cl2N4O4S. The van der Waals surface area contributed by atoms with Gasteiger partial charge in [0, 0.05) is 6.20 Å². The molecule has 3 aromatic carbocycles. The maximum atomic E-state index is 11.4. The van der Waals surface area contributed by atoms with E-state index < -0.39 is 10.0 Å². The number of halogens is 2. The van der Waals surface area contributed by atoms with Crippen LogP contribution >= 0.6 is 23.2 Å². The monoisotopic (exact) mass is 542 g/mol. The summed E-state index contributed by atoms with van der Waals surface area (Å²) in [6, 6.07) is 18.7.